The Kier molecular flexibility index (Phi) is 8.13. The largest absolute Gasteiger partial charge is 0.465 e. The zero-order valence-electron chi connectivity index (χ0n) is 29.9. The second kappa shape index (κ2) is 13.2. The van der Waals surface area contributed by atoms with E-state index in [1.807, 2.05) is 50.2 Å². The van der Waals surface area contributed by atoms with E-state index in [0.29, 0.717) is 13.2 Å². The van der Waals surface area contributed by atoms with Crippen LogP contribution in [0.2, 0.25) is 0 Å². The van der Waals surface area contributed by atoms with Crippen LogP contribution in [0.4, 0.5) is 0 Å². The summed E-state index contributed by atoms with van der Waals surface area (Å²) < 4.78 is 55.3. The molecule has 0 saturated carbocycles. The number of carbonyl (C=O) groups is 1. The second-order valence-electron chi connectivity index (χ2n) is 14.4. The van der Waals surface area contributed by atoms with Gasteiger partial charge in [0.15, 0.2) is 52.3 Å². The monoisotopic (exact) mass is 736 g/mol. The van der Waals surface area contributed by atoms with E-state index in [4.69, 9.17) is 47.4 Å². The number of fused-ring (bicyclic) bond motifs is 8. The molecule has 8 aliphatic rings. The molecule has 12 nitrogen and oxygen atoms in total. The molecule has 6 aliphatic heterocycles. The highest BCUT2D eigenvalue weighted by Crippen LogP contribution is 2.53. The minimum atomic E-state index is -0.769. The minimum absolute atomic E-state index is 0.00300. The van der Waals surface area contributed by atoms with Gasteiger partial charge >= 0.3 is 5.97 Å². The van der Waals surface area contributed by atoms with Crippen LogP contribution in [0.5, 0.6) is 46.0 Å². The van der Waals surface area contributed by atoms with Crippen molar-refractivity contribution in [2.45, 2.75) is 44.8 Å². The topological polar surface area (TPSA) is 130 Å². The van der Waals surface area contributed by atoms with Crippen molar-refractivity contribution in [3.63, 3.8) is 0 Å². The third kappa shape index (κ3) is 5.37. The predicted molar refractivity (Wildman–Crippen MR) is 190 cm³/mol. The van der Waals surface area contributed by atoms with Gasteiger partial charge in [0.1, 0.15) is 0 Å². The Balaban J connectivity index is 0.000000128. The van der Waals surface area contributed by atoms with Gasteiger partial charge in [0.2, 0.25) is 27.2 Å². The van der Waals surface area contributed by atoms with Crippen molar-refractivity contribution in [1.29, 1.82) is 0 Å². The van der Waals surface area contributed by atoms with Crippen molar-refractivity contribution < 1.29 is 57.3 Å². The average Bonchev–Trinajstić information content (AvgIpc) is 4.06. The molecule has 1 N–H and O–H groups in total. The molecule has 6 heterocycles. The van der Waals surface area contributed by atoms with E-state index in [-0.39, 0.29) is 68.6 Å². The molecule has 4 aromatic carbocycles. The number of cyclic esters (lactones) is 1. The van der Waals surface area contributed by atoms with E-state index < -0.39 is 6.29 Å². The summed E-state index contributed by atoms with van der Waals surface area (Å²) in [5, 5.41) is 10.5. The zero-order valence-corrected chi connectivity index (χ0v) is 29.9. The van der Waals surface area contributed by atoms with E-state index in [0.717, 1.165) is 75.5 Å². The molecule has 7 atom stereocenters. The molecule has 2 saturated heterocycles. The molecule has 2 aliphatic carbocycles. The summed E-state index contributed by atoms with van der Waals surface area (Å²) in [4.78, 5) is 12.5. The first-order valence-corrected chi connectivity index (χ1v) is 18.7. The molecule has 4 aromatic rings. The number of rotatable bonds is 2. The van der Waals surface area contributed by atoms with Crippen LogP contribution in [-0.4, -0.2) is 57.8 Å². The highest BCUT2D eigenvalue weighted by atomic mass is 16.7. The Bertz CT molecular complexity index is 2130. The molecule has 12 heteroatoms. The van der Waals surface area contributed by atoms with Gasteiger partial charge in [-0.2, -0.15) is 0 Å². The molecule has 0 amide bonds. The van der Waals surface area contributed by atoms with Gasteiger partial charge in [-0.3, -0.25) is 4.79 Å². The Morgan fingerprint density at radius 1 is 0.519 bits per heavy atom. The fraction of sp³-hybridized carbons (Fsp3) is 0.405. The lowest BCUT2D eigenvalue weighted by Gasteiger charge is -2.36. The third-order valence-electron chi connectivity index (χ3n) is 11.7. The van der Waals surface area contributed by atoms with Gasteiger partial charge < -0.3 is 52.5 Å². The lowest BCUT2D eigenvalue weighted by molar-refractivity contribution is -0.141. The maximum Gasteiger partial charge on any atom is 0.310 e. The summed E-state index contributed by atoms with van der Waals surface area (Å²) >= 11 is 0. The molecule has 54 heavy (non-hydrogen) atoms. The van der Waals surface area contributed by atoms with E-state index >= 15 is 0 Å². The number of hydrogen-bond donors (Lipinski definition) is 1. The lowest BCUT2D eigenvalue weighted by Crippen LogP contribution is -2.33. The van der Waals surface area contributed by atoms with Gasteiger partial charge in [0.25, 0.3) is 0 Å². The Hall–Kier alpha value is -5.33. The Morgan fingerprint density at radius 3 is 1.56 bits per heavy atom. The van der Waals surface area contributed by atoms with Gasteiger partial charge in [-0.25, -0.2) is 0 Å². The summed E-state index contributed by atoms with van der Waals surface area (Å²) in [6.45, 7) is 6.01. The van der Waals surface area contributed by atoms with Crippen LogP contribution in [0.25, 0.3) is 0 Å². The maximum absolute atomic E-state index is 12.5. The summed E-state index contributed by atoms with van der Waals surface area (Å²) in [5.41, 5.74) is 6.82. The first-order chi connectivity index (χ1) is 26.6. The first-order valence-electron chi connectivity index (χ1n) is 18.7. The number of ether oxygens (including phenoxy) is 10. The van der Waals surface area contributed by atoms with Gasteiger partial charge in [-0.1, -0.05) is 26.0 Å². The molecule has 1 unspecified atom stereocenters. The number of aliphatic hydroxyl groups excluding tert-OH is 1. The molecule has 2 fully saturated rings. The second-order valence-corrected chi connectivity index (χ2v) is 14.4. The van der Waals surface area contributed by atoms with E-state index in [1.54, 1.807) is 0 Å². The van der Waals surface area contributed by atoms with E-state index in [1.165, 1.54) is 16.7 Å². The van der Waals surface area contributed by atoms with Crippen LogP contribution in [-0.2, 0) is 27.1 Å². The highest BCUT2D eigenvalue weighted by Gasteiger charge is 2.49. The third-order valence-corrected chi connectivity index (χ3v) is 11.7. The van der Waals surface area contributed by atoms with E-state index in [9.17, 15) is 9.90 Å². The Morgan fingerprint density at radius 2 is 0.981 bits per heavy atom. The van der Waals surface area contributed by atoms with Crippen molar-refractivity contribution in [2.75, 3.05) is 40.4 Å². The summed E-state index contributed by atoms with van der Waals surface area (Å²) in [6.07, 6.45) is 0.909. The molecule has 0 radical (unpaired) electrons. The van der Waals surface area contributed by atoms with Crippen LogP contribution >= 0.6 is 0 Å². The standard InChI is InChI=1S/C20H18O6.C20H16O6.C2H6/c2*21-20-19-12(7-22-20)3-11-5-16-17(26-9-25-16)6-13(11)18(19)10-1-2-14-15(4-10)24-8-23-14;1-2/h1-2,4-6,12,18-21H,3,7-9H2;1-2,4-6,12,18-19H,3,7-9H2;1-2H3/t12-,18-,19-,20?;12-,18-,19-;/m00./s1. The number of carbonyl (C=O) groups excluding carboxylic acids is 1. The number of esters is 1. The molecule has 12 rings (SSSR count). The van der Waals surface area contributed by atoms with E-state index in [2.05, 4.69) is 24.3 Å². The van der Waals surface area contributed by atoms with Crippen LogP contribution in [0, 0.1) is 23.7 Å². The number of aliphatic hydroxyl groups is 1. The quantitative estimate of drug-likeness (QED) is 0.240. The molecule has 0 bridgehead atoms. The van der Waals surface area contributed by atoms with Crippen molar-refractivity contribution in [1.82, 2.24) is 0 Å². The van der Waals surface area contributed by atoms with Gasteiger partial charge in [0.05, 0.1) is 19.1 Å². The van der Waals surface area contributed by atoms with Gasteiger partial charge in [0, 0.05) is 23.7 Å². The van der Waals surface area contributed by atoms with Crippen LogP contribution in [0.3, 0.4) is 0 Å². The SMILES string of the molecule is CC.O=C1OC[C@@H]2Cc3cc4c(cc3[C@H](c3ccc5c(c3)OCO5)[C@@H]12)OCO4.OC1OC[C@@H]2Cc3cc4c(cc3[C@H](c3ccc5c(c3)OCO5)[C@@H]12)OCO4. The normalized spacial score (nSPS) is 27.7. The fourth-order valence-electron chi connectivity index (χ4n) is 9.38. The molecule has 280 valence electrons. The Labute approximate surface area is 311 Å². The molecule has 0 aromatic heterocycles. The fourth-order valence-corrected chi connectivity index (χ4v) is 9.38. The highest BCUT2D eigenvalue weighted by molar-refractivity contribution is 5.78. The van der Waals surface area contributed by atoms with Crippen LogP contribution in [0.15, 0.2) is 60.7 Å². The minimum Gasteiger partial charge on any atom is -0.465 e. The summed E-state index contributed by atoms with van der Waals surface area (Å²) in [7, 11) is 0. The van der Waals surface area contributed by atoms with Crippen molar-refractivity contribution in [3.05, 3.63) is 94.0 Å². The maximum atomic E-state index is 12.5. The molecular formula is C42H40O12. The van der Waals surface area contributed by atoms with Crippen molar-refractivity contribution >= 4 is 5.97 Å². The van der Waals surface area contributed by atoms with Crippen molar-refractivity contribution in [2.24, 2.45) is 23.7 Å². The first kappa shape index (κ1) is 33.3. The predicted octanol–water partition coefficient (Wildman–Crippen LogP) is 6.06. The lowest BCUT2D eigenvalue weighted by atomic mass is 9.67. The smallest absolute Gasteiger partial charge is 0.310 e. The summed E-state index contributed by atoms with van der Waals surface area (Å²) in [5.74, 6) is 6.08. The molecule has 0 spiro atoms. The number of benzene rings is 4. The van der Waals surface area contributed by atoms with Gasteiger partial charge in [-0.15, -0.1) is 0 Å². The average molecular weight is 737 g/mol. The molecular weight excluding hydrogens is 696 g/mol. The zero-order chi connectivity index (χ0) is 36.5. The number of hydrogen-bond acceptors (Lipinski definition) is 12. The van der Waals surface area contributed by atoms with Crippen molar-refractivity contribution in [3.8, 4) is 46.0 Å². The summed E-state index contributed by atoms with van der Waals surface area (Å²) in [6, 6.07) is 20.1. The van der Waals surface area contributed by atoms with Crippen LogP contribution in [0.1, 0.15) is 59.1 Å². The van der Waals surface area contributed by atoms with Crippen LogP contribution < -0.4 is 37.9 Å². The van der Waals surface area contributed by atoms with Gasteiger partial charge in [-0.05, 0) is 101 Å².